The van der Waals surface area contributed by atoms with Crippen molar-refractivity contribution < 1.29 is 14.4 Å². The fraction of sp³-hybridized carbons (Fsp3) is 0.438. The van der Waals surface area contributed by atoms with Crippen molar-refractivity contribution in [3.05, 3.63) is 35.4 Å². The van der Waals surface area contributed by atoms with E-state index in [0.717, 1.165) is 23.3 Å². The van der Waals surface area contributed by atoms with Gasteiger partial charge in [-0.1, -0.05) is 41.9 Å². The number of amides is 2. The highest BCUT2D eigenvalue weighted by Gasteiger charge is 2.28. The van der Waals surface area contributed by atoms with Gasteiger partial charge in [0.25, 0.3) is 5.91 Å². The van der Waals surface area contributed by atoms with Gasteiger partial charge >= 0.3 is 0 Å². The third-order valence-corrected chi connectivity index (χ3v) is 3.34. The van der Waals surface area contributed by atoms with Crippen LogP contribution >= 0.6 is 0 Å². The summed E-state index contributed by atoms with van der Waals surface area (Å²) in [4.78, 5) is 28.6. The number of carbonyl (C=O) groups is 2. The van der Waals surface area contributed by atoms with Crippen LogP contribution in [0, 0.1) is 6.92 Å². The zero-order chi connectivity index (χ0) is 15.9. The maximum Gasteiger partial charge on any atom is 0.264 e. The zero-order valence-corrected chi connectivity index (χ0v) is 12.9. The number of oxime groups is 1. The van der Waals surface area contributed by atoms with Gasteiger partial charge in [-0.3, -0.25) is 9.59 Å². The van der Waals surface area contributed by atoms with Gasteiger partial charge in [-0.25, -0.2) is 0 Å². The van der Waals surface area contributed by atoms with Crippen molar-refractivity contribution in [2.45, 2.75) is 32.8 Å². The molecule has 0 aromatic heterocycles. The van der Waals surface area contributed by atoms with Crippen molar-refractivity contribution >= 4 is 17.5 Å². The number of carbonyl (C=O) groups excluding carboxylic acids is 2. The van der Waals surface area contributed by atoms with Gasteiger partial charge in [-0.2, -0.15) is 0 Å². The number of nitrogens with zero attached hydrogens (tertiary/aromatic N) is 1. The molecule has 0 unspecified atom stereocenters. The predicted molar refractivity (Wildman–Crippen MR) is 83.5 cm³/mol. The van der Waals surface area contributed by atoms with E-state index in [1.165, 1.54) is 0 Å². The minimum Gasteiger partial charge on any atom is -0.382 e. The Balaban J connectivity index is 1.80. The molecular weight excluding hydrogens is 282 g/mol. The number of hydrogen-bond acceptors (Lipinski definition) is 4. The van der Waals surface area contributed by atoms with Crippen LogP contribution in [-0.4, -0.2) is 36.7 Å². The molecule has 1 aliphatic heterocycles. The van der Waals surface area contributed by atoms with E-state index in [4.69, 9.17) is 4.84 Å². The molecule has 118 valence electrons. The van der Waals surface area contributed by atoms with Crippen LogP contribution in [0.15, 0.2) is 29.4 Å². The second kappa shape index (κ2) is 7.59. The largest absolute Gasteiger partial charge is 0.382 e. The second-order valence-electron chi connectivity index (χ2n) is 5.27. The summed E-state index contributed by atoms with van der Waals surface area (Å²) in [6, 6.07) is 7.89. The maximum atomic E-state index is 12.0. The molecule has 0 radical (unpaired) electrons. The molecule has 6 nitrogen and oxygen atoms in total. The van der Waals surface area contributed by atoms with Crippen LogP contribution < -0.4 is 10.6 Å². The van der Waals surface area contributed by atoms with E-state index in [1.807, 2.05) is 38.1 Å². The highest BCUT2D eigenvalue weighted by molar-refractivity contribution is 6.04. The number of hydrogen-bond donors (Lipinski definition) is 2. The van der Waals surface area contributed by atoms with Crippen molar-refractivity contribution in [1.29, 1.82) is 0 Å². The van der Waals surface area contributed by atoms with E-state index in [1.54, 1.807) is 0 Å². The molecule has 0 saturated carbocycles. The third kappa shape index (κ3) is 4.31. The molecule has 1 aromatic rings. The first-order chi connectivity index (χ1) is 10.6. The van der Waals surface area contributed by atoms with Gasteiger partial charge in [0.15, 0.2) is 0 Å². The molecule has 2 N–H and O–H groups in total. The molecule has 0 spiro atoms. The number of benzene rings is 1. The molecule has 1 aromatic carbocycles. The summed E-state index contributed by atoms with van der Waals surface area (Å²) in [5, 5.41) is 9.23. The van der Waals surface area contributed by atoms with E-state index >= 15 is 0 Å². The lowest BCUT2D eigenvalue weighted by molar-refractivity contribution is -0.133. The normalized spacial score (nSPS) is 16.6. The number of aryl methyl sites for hydroxylation is 1. The topological polar surface area (TPSA) is 79.8 Å². The highest BCUT2D eigenvalue weighted by Crippen LogP contribution is 2.17. The van der Waals surface area contributed by atoms with Crippen LogP contribution in [0.4, 0.5) is 0 Å². The second-order valence-corrected chi connectivity index (χ2v) is 5.27. The molecule has 2 rings (SSSR count). The van der Waals surface area contributed by atoms with Gasteiger partial charge < -0.3 is 15.5 Å². The first-order valence-corrected chi connectivity index (χ1v) is 7.44. The van der Waals surface area contributed by atoms with Gasteiger partial charge in [0.1, 0.15) is 0 Å². The third-order valence-electron chi connectivity index (χ3n) is 3.34. The monoisotopic (exact) mass is 303 g/mol. The molecule has 1 heterocycles. The van der Waals surface area contributed by atoms with Crippen molar-refractivity contribution in [2.24, 2.45) is 5.16 Å². The maximum absolute atomic E-state index is 12.0. The molecule has 2 amide bonds. The summed E-state index contributed by atoms with van der Waals surface area (Å²) in [6.45, 7) is 4.54. The Bertz CT molecular complexity index is 567. The van der Waals surface area contributed by atoms with E-state index in [-0.39, 0.29) is 18.4 Å². The smallest absolute Gasteiger partial charge is 0.264 e. The molecule has 0 fully saturated rings. The predicted octanol–water partition coefficient (Wildman–Crippen LogP) is 1.13. The minimum atomic E-state index is -0.671. The van der Waals surface area contributed by atoms with Crippen LogP contribution in [0.1, 0.15) is 30.9 Å². The summed E-state index contributed by atoms with van der Waals surface area (Å²) in [7, 11) is 0. The van der Waals surface area contributed by atoms with E-state index in [9.17, 15) is 9.59 Å². The van der Waals surface area contributed by atoms with E-state index in [0.29, 0.717) is 13.0 Å². The molecule has 6 heteroatoms. The van der Waals surface area contributed by atoms with Gasteiger partial charge in [0, 0.05) is 13.0 Å². The first kappa shape index (κ1) is 16.0. The first-order valence-electron chi connectivity index (χ1n) is 7.44. The molecule has 22 heavy (non-hydrogen) atoms. The van der Waals surface area contributed by atoms with E-state index < -0.39 is 6.10 Å². The Morgan fingerprint density at radius 1 is 1.27 bits per heavy atom. The number of nitrogens with one attached hydrogen (secondary N) is 2. The van der Waals surface area contributed by atoms with Crippen LogP contribution in [0.5, 0.6) is 0 Å². The van der Waals surface area contributed by atoms with Crippen molar-refractivity contribution in [3.8, 4) is 0 Å². The summed E-state index contributed by atoms with van der Waals surface area (Å²) >= 11 is 0. The summed E-state index contributed by atoms with van der Waals surface area (Å²) in [6.07, 6.45) is 0.597. The van der Waals surface area contributed by atoms with Gasteiger partial charge in [0.2, 0.25) is 12.0 Å². The molecule has 0 aliphatic carbocycles. The highest BCUT2D eigenvalue weighted by atomic mass is 16.6. The molecular formula is C16H21N3O3. The Labute approximate surface area is 129 Å². The van der Waals surface area contributed by atoms with E-state index in [2.05, 4.69) is 15.8 Å². The number of rotatable bonds is 6. The molecule has 0 saturated heterocycles. The summed E-state index contributed by atoms with van der Waals surface area (Å²) in [5.74, 6) is -0.523. The fourth-order valence-corrected chi connectivity index (χ4v) is 2.04. The zero-order valence-electron chi connectivity index (χ0n) is 12.9. The SMILES string of the molecule is CCCNC(=O)CNC(=O)[C@H]1CC(c2ccc(C)cc2)=NO1. The molecule has 1 aliphatic rings. The van der Waals surface area contributed by atoms with Gasteiger partial charge in [-0.05, 0) is 18.9 Å². The van der Waals surface area contributed by atoms with Crippen LogP contribution in [0.2, 0.25) is 0 Å². The standard InChI is InChI=1S/C16H21N3O3/c1-3-8-17-15(20)10-18-16(21)14-9-13(19-22-14)12-6-4-11(2)5-7-12/h4-7,14H,3,8-10H2,1-2H3,(H,17,20)(H,18,21)/t14-/m1/s1. The summed E-state index contributed by atoms with van der Waals surface area (Å²) < 4.78 is 0. The van der Waals surface area contributed by atoms with Crippen molar-refractivity contribution in [3.63, 3.8) is 0 Å². The van der Waals surface area contributed by atoms with Crippen LogP contribution in [0.3, 0.4) is 0 Å². The Kier molecular flexibility index (Phi) is 5.52. The Morgan fingerprint density at radius 3 is 2.68 bits per heavy atom. The lowest BCUT2D eigenvalue weighted by Crippen LogP contribution is -2.41. The lowest BCUT2D eigenvalue weighted by atomic mass is 10.0. The minimum absolute atomic E-state index is 0.0431. The van der Waals surface area contributed by atoms with Crippen molar-refractivity contribution in [2.75, 3.05) is 13.1 Å². The van der Waals surface area contributed by atoms with Crippen LogP contribution in [-0.2, 0) is 14.4 Å². The average Bonchev–Trinajstić information content (AvgIpc) is 3.01. The average molecular weight is 303 g/mol. The van der Waals surface area contributed by atoms with Gasteiger partial charge in [-0.15, -0.1) is 0 Å². The Morgan fingerprint density at radius 2 is 2.00 bits per heavy atom. The molecule has 1 atom stereocenters. The molecule has 0 bridgehead atoms. The quantitative estimate of drug-likeness (QED) is 0.827. The van der Waals surface area contributed by atoms with Crippen molar-refractivity contribution in [1.82, 2.24) is 10.6 Å². The van der Waals surface area contributed by atoms with Crippen LogP contribution in [0.25, 0.3) is 0 Å². The fourth-order valence-electron chi connectivity index (χ4n) is 2.04. The lowest BCUT2D eigenvalue weighted by Gasteiger charge is -2.09. The Hall–Kier alpha value is -2.37. The summed E-state index contributed by atoms with van der Waals surface area (Å²) in [5.41, 5.74) is 2.85. The van der Waals surface area contributed by atoms with Gasteiger partial charge in [0.05, 0.1) is 12.3 Å².